The van der Waals surface area contributed by atoms with E-state index >= 15 is 0 Å². The Morgan fingerprint density at radius 3 is 1.47 bits per heavy atom. The molecule has 0 saturated carbocycles. The first-order valence-corrected chi connectivity index (χ1v) is 12.9. The van der Waals surface area contributed by atoms with Gasteiger partial charge in [0.15, 0.2) is 0 Å². The first-order chi connectivity index (χ1) is 17.4. The highest BCUT2D eigenvalue weighted by atomic mass is 15.1. The highest BCUT2D eigenvalue weighted by Crippen LogP contribution is 2.44. The standard InChI is InChI=1S/C34H32N2/c1-21(2)23-5-13-27(14-6-23)36(28-15-7-24(8-16-28)22(3)4)32-20-12-26-9-17-29-31(35)19-11-25-10-18-30(32)34(26)33(25)29/h5-22H,35H2,1-4H3. The molecular weight excluding hydrogens is 436 g/mol. The van der Waals surface area contributed by atoms with Gasteiger partial charge in [-0.3, -0.25) is 0 Å². The predicted molar refractivity (Wildman–Crippen MR) is 157 cm³/mol. The average molecular weight is 469 g/mol. The molecule has 0 unspecified atom stereocenters. The van der Waals surface area contributed by atoms with Crippen LogP contribution in [0.2, 0.25) is 0 Å². The third kappa shape index (κ3) is 3.56. The number of nitrogens with two attached hydrogens (primary N) is 1. The summed E-state index contributed by atoms with van der Waals surface area (Å²) in [7, 11) is 0. The molecule has 6 rings (SSSR count). The van der Waals surface area contributed by atoms with E-state index in [9.17, 15) is 0 Å². The van der Waals surface area contributed by atoms with E-state index in [1.165, 1.54) is 43.7 Å². The van der Waals surface area contributed by atoms with Crippen LogP contribution in [0.1, 0.15) is 50.7 Å². The Labute approximate surface area is 213 Å². The fraction of sp³-hybridized carbons (Fsp3) is 0.176. The second-order valence-electron chi connectivity index (χ2n) is 10.5. The van der Waals surface area contributed by atoms with Gasteiger partial charge in [0.25, 0.3) is 0 Å². The van der Waals surface area contributed by atoms with Gasteiger partial charge in [0.05, 0.1) is 5.69 Å². The molecule has 2 nitrogen and oxygen atoms in total. The molecule has 6 aromatic rings. The van der Waals surface area contributed by atoms with E-state index in [2.05, 4.69) is 124 Å². The maximum absolute atomic E-state index is 6.41. The van der Waals surface area contributed by atoms with E-state index in [4.69, 9.17) is 5.73 Å². The minimum absolute atomic E-state index is 0.498. The maximum Gasteiger partial charge on any atom is 0.0540 e. The van der Waals surface area contributed by atoms with E-state index in [-0.39, 0.29) is 0 Å². The molecule has 0 heterocycles. The Hall–Kier alpha value is -4.04. The Bertz CT molecular complexity index is 1620. The summed E-state index contributed by atoms with van der Waals surface area (Å²) in [6, 6.07) is 35.6. The zero-order valence-corrected chi connectivity index (χ0v) is 21.4. The van der Waals surface area contributed by atoms with Gasteiger partial charge in [0.2, 0.25) is 0 Å². The van der Waals surface area contributed by atoms with Crippen LogP contribution in [0, 0.1) is 0 Å². The summed E-state index contributed by atoms with van der Waals surface area (Å²) in [6.07, 6.45) is 0. The molecule has 0 atom stereocenters. The summed E-state index contributed by atoms with van der Waals surface area (Å²) in [4.78, 5) is 2.39. The zero-order valence-electron chi connectivity index (χ0n) is 21.4. The molecule has 0 amide bonds. The highest BCUT2D eigenvalue weighted by molar-refractivity contribution is 6.27. The van der Waals surface area contributed by atoms with Crippen LogP contribution in [0.5, 0.6) is 0 Å². The minimum atomic E-state index is 0.498. The van der Waals surface area contributed by atoms with E-state index < -0.39 is 0 Å². The van der Waals surface area contributed by atoms with Crippen LogP contribution in [0.15, 0.2) is 97.1 Å². The molecule has 0 aliphatic rings. The Morgan fingerprint density at radius 2 is 0.944 bits per heavy atom. The van der Waals surface area contributed by atoms with Gasteiger partial charge in [-0.25, -0.2) is 0 Å². The van der Waals surface area contributed by atoms with E-state index in [0.717, 1.165) is 22.4 Å². The third-order valence-corrected chi connectivity index (χ3v) is 7.55. The summed E-state index contributed by atoms with van der Waals surface area (Å²) in [5, 5.41) is 7.34. The van der Waals surface area contributed by atoms with Gasteiger partial charge in [0.1, 0.15) is 0 Å². The maximum atomic E-state index is 6.41. The van der Waals surface area contributed by atoms with Crippen LogP contribution in [0.25, 0.3) is 32.3 Å². The van der Waals surface area contributed by atoms with Crippen LogP contribution in [0.3, 0.4) is 0 Å². The molecule has 0 aliphatic carbocycles. The van der Waals surface area contributed by atoms with Crippen molar-refractivity contribution < 1.29 is 0 Å². The number of anilines is 4. The van der Waals surface area contributed by atoms with Crippen molar-refractivity contribution in [2.45, 2.75) is 39.5 Å². The van der Waals surface area contributed by atoms with Gasteiger partial charge in [-0.1, -0.05) is 88.4 Å². The molecule has 2 heteroatoms. The first kappa shape index (κ1) is 22.4. The van der Waals surface area contributed by atoms with Crippen molar-refractivity contribution in [1.82, 2.24) is 0 Å². The van der Waals surface area contributed by atoms with Crippen molar-refractivity contribution in [2.24, 2.45) is 0 Å². The van der Waals surface area contributed by atoms with Gasteiger partial charge in [0, 0.05) is 27.8 Å². The fourth-order valence-electron chi connectivity index (χ4n) is 5.45. The van der Waals surface area contributed by atoms with Crippen molar-refractivity contribution in [3.8, 4) is 0 Å². The van der Waals surface area contributed by atoms with Crippen molar-refractivity contribution in [2.75, 3.05) is 10.6 Å². The summed E-state index contributed by atoms with van der Waals surface area (Å²) in [5.74, 6) is 0.996. The number of nitrogens with zero attached hydrogens (tertiary/aromatic N) is 1. The van der Waals surface area contributed by atoms with Crippen LogP contribution >= 0.6 is 0 Å². The van der Waals surface area contributed by atoms with Gasteiger partial charge < -0.3 is 10.6 Å². The van der Waals surface area contributed by atoms with Gasteiger partial charge in [-0.15, -0.1) is 0 Å². The average Bonchev–Trinajstić information content (AvgIpc) is 2.89. The Kier molecular flexibility index (Phi) is 5.34. The molecule has 0 saturated heterocycles. The molecule has 0 radical (unpaired) electrons. The van der Waals surface area contributed by atoms with Gasteiger partial charge in [-0.05, 0) is 80.9 Å². The first-order valence-electron chi connectivity index (χ1n) is 12.9. The lowest BCUT2D eigenvalue weighted by atomic mass is 9.92. The smallest absolute Gasteiger partial charge is 0.0540 e. The minimum Gasteiger partial charge on any atom is -0.398 e. The second-order valence-corrected chi connectivity index (χ2v) is 10.5. The largest absolute Gasteiger partial charge is 0.398 e. The van der Waals surface area contributed by atoms with Crippen LogP contribution in [-0.4, -0.2) is 0 Å². The molecule has 6 aromatic carbocycles. The van der Waals surface area contributed by atoms with Crippen LogP contribution in [0.4, 0.5) is 22.7 Å². The molecule has 0 aromatic heterocycles. The molecular formula is C34H32N2. The van der Waals surface area contributed by atoms with Crippen molar-refractivity contribution in [3.63, 3.8) is 0 Å². The van der Waals surface area contributed by atoms with Crippen molar-refractivity contribution in [3.05, 3.63) is 108 Å². The van der Waals surface area contributed by atoms with Crippen LogP contribution in [-0.2, 0) is 0 Å². The number of nitrogen functional groups attached to an aromatic ring is 1. The molecule has 178 valence electrons. The van der Waals surface area contributed by atoms with E-state index in [0.29, 0.717) is 11.8 Å². The molecule has 2 N–H and O–H groups in total. The summed E-state index contributed by atoms with van der Waals surface area (Å²) in [5.41, 5.74) is 13.4. The van der Waals surface area contributed by atoms with Gasteiger partial charge >= 0.3 is 0 Å². The molecule has 0 bridgehead atoms. The lowest BCUT2D eigenvalue weighted by Gasteiger charge is -2.28. The quantitative estimate of drug-likeness (QED) is 0.201. The zero-order chi connectivity index (χ0) is 25.0. The van der Waals surface area contributed by atoms with Gasteiger partial charge in [-0.2, -0.15) is 0 Å². The number of hydrogen-bond acceptors (Lipinski definition) is 2. The second kappa shape index (κ2) is 8.57. The van der Waals surface area contributed by atoms with E-state index in [1.807, 2.05) is 6.07 Å². The molecule has 0 spiro atoms. The summed E-state index contributed by atoms with van der Waals surface area (Å²) < 4.78 is 0. The molecule has 0 aliphatic heterocycles. The topological polar surface area (TPSA) is 29.3 Å². The monoisotopic (exact) mass is 468 g/mol. The summed E-state index contributed by atoms with van der Waals surface area (Å²) in [6.45, 7) is 8.96. The Morgan fingerprint density at radius 1 is 0.500 bits per heavy atom. The molecule has 0 fully saturated rings. The lowest BCUT2D eigenvalue weighted by Crippen LogP contribution is -2.11. The SMILES string of the molecule is CC(C)c1ccc(N(c2ccc(C(C)C)cc2)c2ccc3ccc4c(N)ccc5ccc2c3c54)cc1. The number of benzene rings is 6. The van der Waals surface area contributed by atoms with Crippen molar-refractivity contribution in [1.29, 1.82) is 0 Å². The Balaban J connectivity index is 1.63. The van der Waals surface area contributed by atoms with Crippen LogP contribution < -0.4 is 10.6 Å². The van der Waals surface area contributed by atoms with Crippen molar-refractivity contribution >= 4 is 55.1 Å². The number of hydrogen-bond donors (Lipinski definition) is 1. The normalized spacial score (nSPS) is 11.9. The summed E-state index contributed by atoms with van der Waals surface area (Å²) >= 11 is 0. The highest BCUT2D eigenvalue weighted by Gasteiger charge is 2.19. The lowest BCUT2D eigenvalue weighted by molar-refractivity contribution is 0.866. The fourth-order valence-corrected chi connectivity index (χ4v) is 5.45. The van der Waals surface area contributed by atoms with E-state index in [1.54, 1.807) is 0 Å². The number of rotatable bonds is 5. The third-order valence-electron chi connectivity index (χ3n) is 7.55. The molecule has 36 heavy (non-hydrogen) atoms. The predicted octanol–water partition coefficient (Wildman–Crippen LogP) is 9.88.